The fraction of sp³-hybridized carbons (Fsp3) is 0.651. The standard InChI is InChI=1S/C43H64Cl3N5O6Si/c1-27(2)32-17-16-31-15-14-30(25-34(31)48-32)18-19-42(22-20-41(9,21-23-42)57-58(10,11)40(6,7)8)39(55)49-35(28(3)4)36(52)47-29(5)37(53)51-24-12-13-33(50-51)38(54)56-26-43(44,45)46/h14-19,25,27-29,33,35,50H,12-13,20-24,26H2,1-11H3,(H,47,52)(H,49,55)/b19-18+/t29-,33-,35-,41?,42?/m0/s1. The molecule has 0 bridgehead atoms. The second kappa shape index (κ2) is 18.9. The lowest BCUT2D eigenvalue weighted by Gasteiger charge is -2.49. The van der Waals surface area contributed by atoms with Crippen LogP contribution in [-0.4, -0.2) is 82.7 Å². The quantitative estimate of drug-likeness (QED) is 0.103. The maximum absolute atomic E-state index is 14.7. The first-order valence-electron chi connectivity index (χ1n) is 20.5. The van der Waals surface area contributed by atoms with Crippen LogP contribution in [0.1, 0.15) is 118 Å². The number of aromatic nitrogens is 1. The zero-order chi connectivity index (χ0) is 43.4. The van der Waals surface area contributed by atoms with Gasteiger partial charge in [0.25, 0.3) is 5.91 Å². The van der Waals surface area contributed by atoms with Crippen LogP contribution in [-0.2, 0) is 28.3 Å². The predicted molar refractivity (Wildman–Crippen MR) is 236 cm³/mol. The Balaban J connectivity index is 1.54. The number of esters is 1. The van der Waals surface area contributed by atoms with Gasteiger partial charge in [-0.15, -0.1) is 0 Å². The van der Waals surface area contributed by atoms with Crippen LogP contribution >= 0.6 is 34.8 Å². The van der Waals surface area contributed by atoms with Crippen molar-refractivity contribution in [2.24, 2.45) is 11.3 Å². The van der Waals surface area contributed by atoms with Gasteiger partial charge in [-0.05, 0) is 100 Å². The molecule has 0 unspecified atom stereocenters. The number of nitrogens with zero attached hydrogens (tertiary/aromatic N) is 2. The molecule has 3 N–H and O–H groups in total. The Bertz CT molecular complexity index is 1830. The Kier molecular flexibility index (Phi) is 15.6. The number of carbonyl (C=O) groups excluding carboxylic acids is 4. The number of carbonyl (C=O) groups is 4. The van der Waals surface area contributed by atoms with Crippen molar-refractivity contribution in [3.8, 4) is 0 Å². The van der Waals surface area contributed by atoms with Crippen molar-refractivity contribution >= 4 is 83.8 Å². The minimum atomic E-state index is -2.11. The number of rotatable bonds is 13. The van der Waals surface area contributed by atoms with Gasteiger partial charge in [-0.1, -0.05) is 114 Å². The zero-order valence-electron chi connectivity index (χ0n) is 36.1. The molecule has 1 saturated heterocycles. The van der Waals surface area contributed by atoms with Crippen molar-refractivity contribution in [3.05, 3.63) is 47.7 Å². The Morgan fingerprint density at radius 3 is 2.22 bits per heavy atom. The zero-order valence-corrected chi connectivity index (χ0v) is 39.3. The van der Waals surface area contributed by atoms with E-state index in [1.165, 1.54) is 5.01 Å². The van der Waals surface area contributed by atoms with Crippen molar-refractivity contribution in [2.75, 3.05) is 13.2 Å². The van der Waals surface area contributed by atoms with E-state index in [1.807, 2.05) is 44.2 Å². The summed E-state index contributed by atoms with van der Waals surface area (Å²) in [5.41, 5.74) is 4.40. The summed E-state index contributed by atoms with van der Waals surface area (Å²) in [6.07, 6.45) is 7.31. The fourth-order valence-electron chi connectivity index (χ4n) is 7.18. The number of nitrogens with one attached hydrogen (secondary N) is 3. The average molecular weight is 881 g/mol. The number of hydrogen-bond acceptors (Lipinski definition) is 8. The molecule has 322 valence electrons. The van der Waals surface area contributed by atoms with E-state index in [9.17, 15) is 19.2 Å². The number of hydrogen-bond donors (Lipinski definition) is 3. The summed E-state index contributed by atoms with van der Waals surface area (Å²) in [5.74, 6) is -1.84. The maximum atomic E-state index is 14.7. The molecule has 1 aliphatic carbocycles. The van der Waals surface area contributed by atoms with Gasteiger partial charge < -0.3 is 19.8 Å². The smallest absolute Gasteiger partial charge is 0.325 e. The van der Waals surface area contributed by atoms with Crippen LogP contribution in [0.4, 0.5) is 0 Å². The largest absolute Gasteiger partial charge is 0.460 e. The van der Waals surface area contributed by atoms with E-state index in [-0.39, 0.29) is 16.9 Å². The van der Waals surface area contributed by atoms with Crippen molar-refractivity contribution in [1.82, 2.24) is 26.1 Å². The molecule has 1 aromatic heterocycles. The van der Waals surface area contributed by atoms with Gasteiger partial charge in [0.05, 0.1) is 16.5 Å². The van der Waals surface area contributed by atoms with Crippen molar-refractivity contribution < 1.29 is 28.3 Å². The number of ether oxygens (including phenoxy) is 1. The Morgan fingerprint density at radius 1 is 1.00 bits per heavy atom. The first-order valence-corrected chi connectivity index (χ1v) is 24.5. The Labute approximate surface area is 361 Å². The summed E-state index contributed by atoms with van der Waals surface area (Å²) >= 11 is 17.2. The molecule has 1 aliphatic heterocycles. The van der Waals surface area contributed by atoms with Gasteiger partial charge >= 0.3 is 5.97 Å². The van der Waals surface area contributed by atoms with Gasteiger partial charge in [0.1, 0.15) is 24.7 Å². The van der Waals surface area contributed by atoms with Gasteiger partial charge in [-0.25, -0.2) is 5.43 Å². The second-order valence-corrected chi connectivity index (χ2v) is 25.8. The summed E-state index contributed by atoms with van der Waals surface area (Å²) in [6.45, 7) is 22.8. The molecule has 2 fully saturated rings. The third-order valence-corrected chi connectivity index (χ3v) is 16.9. The molecule has 1 saturated carbocycles. The molecule has 3 atom stereocenters. The van der Waals surface area contributed by atoms with E-state index < -0.39 is 65.6 Å². The molecule has 15 heteroatoms. The van der Waals surface area contributed by atoms with Gasteiger partial charge in [-0.2, -0.15) is 0 Å². The minimum absolute atomic E-state index is 0.0300. The minimum Gasteiger partial charge on any atom is -0.460 e. The van der Waals surface area contributed by atoms with Gasteiger partial charge in [0.15, 0.2) is 8.32 Å². The summed E-state index contributed by atoms with van der Waals surface area (Å²) in [6, 6.07) is 7.54. The van der Waals surface area contributed by atoms with Crippen LogP contribution in [0.3, 0.4) is 0 Å². The average Bonchev–Trinajstić information content (AvgIpc) is 3.13. The lowest BCUT2D eigenvalue weighted by molar-refractivity contribution is -0.152. The molecular formula is C43H64Cl3N5O6Si. The Hall–Kier alpha value is -2.74. The third kappa shape index (κ3) is 12.4. The van der Waals surface area contributed by atoms with Crippen molar-refractivity contribution in [3.63, 3.8) is 0 Å². The van der Waals surface area contributed by atoms with E-state index in [2.05, 4.69) is 82.8 Å². The summed E-state index contributed by atoms with van der Waals surface area (Å²) in [5, 5.41) is 8.29. The highest BCUT2D eigenvalue weighted by Gasteiger charge is 2.49. The second-order valence-electron chi connectivity index (χ2n) is 18.6. The highest BCUT2D eigenvalue weighted by Crippen LogP contribution is 2.48. The summed E-state index contributed by atoms with van der Waals surface area (Å²) in [4.78, 5) is 59.6. The number of amides is 3. The summed E-state index contributed by atoms with van der Waals surface area (Å²) < 4.78 is 10.3. The normalized spacial score (nSPS) is 23.2. The number of benzene rings is 1. The van der Waals surface area contributed by atoms with Crippen LogP contribution in [0.15, 0.2) is 36.4 Å². The van der Waals surface area contributed by atoms with E-state index in [1.54, 1.807) is 6.92 Å². The Morgan fingerprint density at radius 2 is 1.64 bits per heavy atom. The lowest BCUT2D eigenvalue weighted by Crippen LogP contribution is -2.61. The molecular weight excluding hydrogens is 817 g/mol. The van der Waals surface area contributed by atoms with Gasteiger partial charge in [0.2, 0.25) is 15.6 Å². The number of fused-ring (bicyclic) bond motifs is 1. The predicted octanol–water partition coefficient (Wildman–Crippen LogP) is 8.77. The molecule has 0 radical (unpaired) electrons. The topological polar surface area (TPSA) is 139 Å². The summed E-state index contributed by atoms with van der Waals surface area (Å²) in [7, 11) is -2.11. The maximum Gasteiger partial charge on any atom is 0.325 e. The van der Waals surface area contributed by atoms with Crippen LogP contribution in [0.2, 0.25) is 18.1 Å². The number of pyridine rings is 1. The highest BCUT2D eigenvalue weighted by atomic mass is 35.6. The van der Waals surface area contributed by atoms with Crippen LogP contribution < -0.4 is 16.1 Å². The van der Waals surface area contributed by atoms with Gasteiger partial charge in [0, 0.05) is 17.6 Å². The molecule has 4 rings (SSSR count). The van der Waals surface area contributed by atoms with E-state index >= 15 is 0 Å². The molecule has 3 amide bonds. The van der Waals surface area contributed by atoms with Crippen molar-refractivity contribution in [2.45, 2.75) is 152 Å². The molecule has 11 nitrogen and oxygen atoms in total. The highest BCUT2D eigenvalue weighted by molar-refractivity contribution is 6.74. The number of alkyl halides is 3. The first-order chi connectivity index (χ1) is 26.7. The third-order valence-electron chi connectivity index (χ3n) is 12.0. The van der Waals surface area contributed by atoms with E-state index in [0.717, 1.165) is 22.2 Å². The number of hydrazine groups is 1. The van der Waals surface area contributed by atoms with Crippen LogP contribution in [0, 0.1) is 11.3 Å². The monoisotopic (exact) mass is 879 g/mol. The fourth-order valence-corrected chi connectivity index (χ4v) is 9.09. The van der Waals surface area contributed by atoms with Gasteiger partial charge in [-0.3, -0.25) is 29.2 Å². The molecule has 0 spiro atoms. The van der Waals surface area contributed by atoms with E-state index in [0.29, 0.717) is 51.0 Å². The molecule has 1 aromatic carbocycles. The van der Waals surface area contributed by atoms with E-state index in [4.69, 9.17) is 48.9 Å². The van der Waals surface area contributed by atoms with Crippen LogP contribution in [0.25, 0.3) is 17.0 Å². The van der Waals surface area contributed by atoms with Crippen LogP contribution in [0.5, 0.6) is 0 Å². The molecule has 2 aliphatic rings. The molecule has 58 heavy (non-hydrogen) atoms. The number of halogens is 3. The lowest BCUT2D eigenvalue weighted by atomic mass is 9.68. The molecule has 2 aromatic rings. The first kappa shape index (κ1) is 47.9. The SMILES string of the molecule is CC(C)c1ccc2ccc(/C=C/C3(C(=O)N[C@H](C(=O)N[C@@H](C)C(=O)N4CCC[C@@H](C(=O)OCC(Cl)(Cl)Cl)N4)C(C)C)CCC(C)(O[Si](C)(C)C(C)(C)C)CC3)cc2n1. The van der Waals surface area contributed by atoms with Crippen molar-refractivity contribution in [1.29, 1.82) is 0 Å². The molecule has 2 heterocycles.